The molecular weight excluding hydrogens is 346 g/mol. The van der Waals surface area contributed by atoms with E-state index in [2.05, 4.69) is 9.62 Å². The number of rotatable bonds is 7. The number of thiophene rings is 1. The Morgan fingerprint density at radius 2 is 1.86 bits per heavy atom. The molecule has 0 amide bonds. The Balaban J connectivity index is 1.86. The van der Waals surface area contributed by atoms with Crippen molar-refractivity contribution in [2.75, 3.05) is 45.0 Å². The molecule has 1 N–H and O–H groups in total. The van der Waals surface area contributed by atoms with E-state index in [9.17, 15) is 16.8 Å². The van der Waals surface area contributed by atoms with Gasteiger partial charge in [0.05, 0.1) is 5.75 Å². The third-order valence-electron chi connectivity index (χ3n) is 3.58. The molecule has 1 saturated heterocycles. The van der Waals surface area contributed by atoms with Gasteiger partial charge in [-0.25, -0.2) is 21.6 Å². The second-order valence-electron chi connectivity index (χ2n) is 4.98. The molecular formula is C12H21N3O4S3. The van der Waals surface area contributed by atoms with Gasteiger partial charge >= 0.3 is 0 Å². The first-order valence-corrected chi connectivity index (χ1v) is 11.1. The number of nitrogens with one attached hydrogen (secondary N) is 1. The normalized spacial score (nSPS) is 18.6. The van der Waals surface area contributed by atoms with Crippen LogP contribution in [0.15, 0.2) is 21.7 Å². The van der Waals surface area contributed by atoms with Gasteiger partial charge in [-0.05, 0) is 18.0 Å². The fourth-order valence-electron chi connectivity index (χ4n) is 2.25. The third-order valence-corrected chi connectivity index (χ3v) is 8.31. The van der Waals surface area contributed by atoms with Crippen LogP contribution in [0.25, 0.3) is 0 Å². The van der Waals surface area contributed by atoms with E-state index in [0.717, 1.165) is 31.0 Å². The van der Waals surface area contributed by atoms with Crippen LogP contribution in [0, 0.1) is 0 Å². The molecule has 0 unspecified atom stereocenters. The molecule has 2 rings (SSSR count). The second-order valence-corrected chi connectivity index (χ2v) is 10.0. The van der Waals surface area contributed by atoms with Crippen LogP contribution in [0.5, 0.6) is 0 Å². The predicted molar refractivity (Wildman–Crippen MR) is 87.0 cm³/mol. The molecule has 0 radical (unpaired) electrons. The maximum Gasteiger partial charge on any atom is 0.250 e. The molecule has 2 heterocycles. The van der Waals surface area contributed by atoms with Gasteiger partial charge in [-0.3, -0.25) is 0 Å². The van der Waals surface area contributed by atoms with E-state index in [1.54, 1.807) is 11.4 Å². The van der Waals surface area contributed by atoms with Crippen molar-refractivity contribution in [3.05, 3.63) is 17.5 Å². The fourth-order valence-corrected chi connectivity index (χ4v) is 5.78. The van der Waals surface area contributed by atoms with Crippen molar-refractivity contribution >= 4 is 31.4 Å². The molecule has 0 atom stereocenters. The molecule has 10 heteroatoms. The quantitative estimate of drug-likeness (QED) is 0.733. The Bertz CT molecular complexity index is 662. The zero-order valence-corrected chi connectivity index (χ0v) is 14.9. The topological polar surface area (TPSA) is 86.8 Å². The lowest BCUT2D eigenvalue weighted by Gasteiger charge is -2.33. The minimum atomic E-state index is -3.61. The number of sulfonamides is 2. The van der Waals surface area contributed by atoms with Crippen molar-refractivity contribution in [2.24, 2.45) is 0 Å². The SMILES string of the molecule is CCN1CCN(S(=O)(=O)CCNS(=O)(=O)c2cccs2)CC1. The van der Waals surface area contributed by atoms with Crippen LogP contribution in [0.3, 0.4) is 0 Å². The summed E-state index contributed by atoms with van der Waals surface area (Å²) in [6.45, 7) is 5.21. The van der Waals surface area contributed by atoms with E-state index >= 15 is 0 Å². The van der Waals surface area contributed by atoms with Crippen molar-refractivity contribution in [3.63, 3.8) is 0 Å². The van der Waals surface area contributed by atoms with E-state index < -0.39 is 20.0 Å². The lowest BCUT2D eigenvalue weighted by atomic mass is 10.4. The highest BCUT2D eigenvalue weighted by Gasteiger charge is 2.26. The first kappa shape index (κ1) is 17.8. The fraction of sp³-hybridized carbons (Fsp3) is 0.667. The highest BCUT2D eigenvalue weighted by molar-refractivity contribution is 7.91. The summed E-state index contributed by atoms with van der Waals surface area (Å²) >= 11 is 1.10. The molecule has 1 aliphatic rings. The van der Waals surface area contributed by atoms with E-state index in [1.165, 1.54) is 10.4 Å². The number of hydrogen-bond acceptors (Lipinski definition) is 6. The van der Waals surface area contributed by atoms with Crippen LogP contribution >= 0.6 is 11.3 Å². The van der Waals surface area contributed by atoms with Crippen LogP contribution in [0.2, 0.25) is 0 Å². The number of hydrogen-bond donors (Lipinski definition) is 1. The maximum absolute atomic E-state index is 12.2. The predicted octanol–water partition coefficient (Wildman–Crippen LogP) is -0.00630. The van der Waals surface area contributed by atoms with Gasteiger partial charge in [0.2, 0.25) is 20.0 Å². The van der Waals surface area contributed by atoms with Crippen molar-refractivity contribution in [1.29, 1.82) is 0 Å². The average molecular weight is 368 g/mol. The van der Waals surface area contributed by atoms with Gasteiger partial charge in [0.25, 0.3) is 0 Å². The molecule has 0 aromatic carbocycles. The van der Waals surface area contributed by atoms with Crippen molar-refractivity contribution in [1.82, 2.24) is 13.9 Å². The van der Waals surface area contributed by atoms with Gasteiger partial charge < -0.3 is 4.90 Å². The van der Waals surface area contributed by atoms with Crippen molar-refractivity contribution < 1.29 is 16.8 Å². The molecule has 1 fully saturated rings. The molecule has 0 saturated carbocycles. The minimum absolute atomic E-state index is 0.115. The number of piperazine rings is 1. The summed E-state index contributed by atoms with van der Waals surface area (Å²) in [4.78, 5) is 2.19. The van der Waals surface area contributed by atoms with E-state index in [0.29, 0.717) is 13.1 Å². The van der Waals surface area contributed by atoms with Crippen LogP contribution in [-0.2, 0) is 20.0 Å². The molecule has 0 aliphatic carbocycles. The summed E-state index contributed by atoms with van der Waals surface area (Å²) in [5, 5.41) is 1.67. The molecule has 126 valence electrons. The first-order chi connectivity index (χ1) is 10.3. The van der Waals surface area contributed by atoms with E-state index in [4.69, 9.17) is 0 Å². The van der Waals surface area contributed by atoms with E-state index in [-0.39, 0.29) is 16.5 Å². The Morgan fingerprint density at radius 1 is 1.18 bits per heavy atom. The van der Waals surface area contributed by atoms with Crippen molar-refractivity contribution in [3.8, 4) is 0 Å². The Labute approximate surface area is 136 Å². The van der Waals surface area contributed by atoms with Gasteiger partial charge in [0.15, 0.2) is 0 Å². The summed E-state index contributed by atoms with van der Waals surface area (Å²) < 4.78 is 52.3. The molecule has 0 bridgehead atoms. The van der Waals surface area contributed by atoms with Gasteiger partial charge in [0.1, 0.15) is 4.21 Å². The van der Waals surface area contributed by atoms with Gasteiger partial charge in [-0.15, -0.1) is 11.3 Å². The number of nitrogens with zero attached hydrogens (tertiary/aromatic N) is 2. The Kier molecular flexibility index (Phi) is 5.97. The summed E-state index contributed by atoms with van der Waals surface area (Å²) in [7, 11) is -7.03. The monoisotopic (exact) mass is 367 g/mol. The summed E-state index contributed by atoms with van der Waals surface area (Å²) in [5.41, 5.74) is 0. The van der Waals surface area contributed by atoms with Crippen LogP contribution in [0.1, 0.15) is 6.92 Å². The molecule has 0 spiro atoms. The molecule has 1 aromatic heterocycles. The molecule has 7 nitrogen and oxygen atoms in total. The largest absolute Gasteiger partial charge is 0.301 e. The smallest absolute Gasteiger partial charge is 0.250 e. The summed E-state index contributed by atoms with van der Waals surface area (Å²) in [6.07, 6.45) is 0. The van der Waals surface area contributed by atoms with E-state index in [1.807, 2.05) is 6.92 Å². The molecule has 22 heavy (non-hydrogen) atoms. The standard InChI is InChI=1S/C12H21N3O4S3/c1-2-14-6-8-15(9-7-14)21(16,17)11-5-13-22(18,19)12-4-3-10-20-12/h3-4,10,13H,2,5-9,11H2,1H3. The van der Waals surface area contributed by atoms with Crippen LogP contribution in [-0.4, -0.2) is 71.1 Å². The zero-order chi connectivity index (χ0) is 16.2. The highest BCUT2D eigenvalue weighted by atomic mass is 32.2. The van der Waals surface area contributed by atoms with Gasteiger partial charge in [0, 0.05) is 32.7 Å². The van der Waals surface area contributed by atoms with Crippen molar-refractivity contribution in [2.45, 2.75) is 11.1 Å². The summed E-state index contributed by atoms with van der Waals surface area (Å²) in [5.74, 6) is -0.219. The Morgan fingerprint density at radius 3 is 2.41 bits per heavy atom. The van der Waals surface area contributed by atoms with Crippen LogP contribution < -0.4 is 4.72 Å². The maximum atomic E-state index is 12.2. The van der Waals surface area contributed by atoms with Crippen LogP contribution in [0.4, 0.5) is 0 Å². The second kappa shape index (κ2) is 7.37. The lowest BCUT2D eigenvalue weighted by Crippen LogP contribution is -2.49. The van der Waals surface area contributed by atoms with Gasteiger partial charge in [-0.1, -0.05) is 13.0 Å². The Hall–Kier alpha value is -0.520. The highest BCUT2D eigenvalue weighted by Crippen LogP contribution is 2.15. The zero-order valence-electron chi connectivity index (χ0n) is 12.4. The first-order valence-electron chi connectivity index (χ1n) is 7.08. The third kappa shape index (κ3) is 4.49. The van der Waals surface area contributed by atoms with Gasteiger partial charge in [-0.2, -0.15) is 4.31 Å². The number of likely N-dealkylation sites (N-methyl/N-ethyl adjacent to an activating group) is 1. The average Bonchev–Trinajstić information content (AvgIpc) is 3.02. The lowest BCUT2D eigenvalue weighted by molar-refractivity contribution is 0.196. The minimum Gasteiger partial charge on any atom is -0.301 e. The molecule has 1 aromatic rings. The summed E-state index contributed by atoms with van der Waals surface area (Å²) in [6, 6.07) is 3.13. The molecule has 1 aliphatic heterocycles.